The molecule has 0 spiro atoms. The fourth-order valence-corrected chi connectivity index (χ4v) is 1.04. The fraction of sp³-hybridized carbons (Fsp3) is 0.364. The summed E-state index contributed by atoms with van der Waals surface area (Å²) in [5, 5.41) is 0. The number of hydrogen-bond donors (Lipinski definition) is 0. The van der Waals surface area contributed by atoms with E-state index in [4.69, 9.17) is 4.74 Å². The Morgan fingerprint density at radius 1 is 1.35 bits per heavy atom. The predicted octanol–water partition coefficient (Wildman–Crippen LogP) is 2.17. The average molecular weight is 247 g/mol. The second kappa shape index (κ2) is 5.07. The van der Waals surface area contributed by atoms with Gasteiger partial charge in [0.1, 0.15) is 5.75 Å². The summed E-state index contributed by atoms with van der Waals surface area (Å²) in [4.78, 5) is 12.5. The number of halogens is 3. The number of alkyl halides is 3. The van der Waals surface area contributed by atoms with Crippen LogP contribution in [0.15, 0.2) is 24.3 Å². The zero-order valence-corrected chi connectivity index (χ0v) is 9.41. The smallest absolute Gasteiger partial charge is 0.416 e. The van der Waals surface area contributed by atoms with Gasteiger partial charge in [0.25, 0.3) is 5.91 Å². The molecule has 0 atom stereocenters. The van der Waals surface area contributed by atoms with Gasteiger partial charge in [0.2, 0.25) is 0 Å². The molecule has 0 aromatic heterocycles. The van der Waals surface area contributed by atoms with E-state index in [1.165, 1.54) is 31.1 Å². The summed E-state index contributed by atoms with van der Waals surface area (Å²) in [7, 11) is 3.08. The number of amides is 1. The van der Waals surface area contributed by atoms with Gasteiger partial charge < -0.3 is 9.64 Å². The van der Waals surface area contributed by atoms with E-state index < -0.39 is 11.7 Å². The Balaban J connectivity index is 2.70. The topological polar surface area (TPSA) is 29.5 Å². The lowest BCUT2D eigenvalue weighted by atomic mass is 10.2. The van der Waals surface area contributed by atoms with Crippen molar-refractivity contribution in [3.8, 4) is 5.75 Å². The van der Waals surface area contributed by atoms with Gasteiger partial charge in [-0.05, 0) is 18.2 Å². The number of ether oxygens (including phenoxy) is 1. The molecule has 0 saturated carbocycles. The molecule has 0 fully saturated rings. The minimum atomic E-state index is -4.41. The maximum Gasteiger partial charge on any atom is 0.416 e. The highest BCUT2D eigenvalue weighted by Crippen LogP contribution is 2.31. The number of hydrogen-bond acceptors (Lipinski definition) is 2. The van der Waals surface area contributed by atoms with Crippen LogP contribution in [0.5, 0.6) is 5.75 Å². The van der Waals surface area contributed by atoms with Gasteiger partial charge in [-0.3, -0.25) is 4.79 Å². The lowest BCUT2D eigenvalue weighted by molar-refractivity contribution is -0.137. The molecule has 0 heterocycles. The summed E-state index contributed by atoms with van der Waals surface area (Å²) in [6.07, 6.45) is -4.41. The van der Waals surface area contributed by atoms with E-state index in [1.54, 1.807) is 0 Å². The molecule has 94 valence electrons. The van der Waals surface area contributed by atoms with Gasteiger partial charge in [0.05, 0.1) is 5.56 Å². The van der Waals surface area contributed by atoms with Gasteiger partial charge in [0, 0.05) is 14.1 Å². The molecule has 0 aliphatic heterocycles. The summed E-state index contributed by atoms with van der Waals surface area (Å²) < 4.78 is 42.1. The molecule has 0 aliphatic carbocycles. The van der Waals surface area contributed by atoms with E-state index in [0.29, 0.717) is 0 Å². The number of nitrogens with zero attached hydrogens (tertiary/aromatic N) is 1. The molecule has 3 nitrogen and oxygen atoms in total. The van der Waals surface area contributed by atoms with Crippen molar-refractivity contribution in [1.29, 1.82) is 0 Å². The van der Waals surface area contributed by atoms with Crippen molar-refractivity contribution in [2.75, 3.05) is 20.7 Å². The highest BCUT2D eigenvalue weighted by atomic mass is 19.4. The third kappa shape index (κ3) is 3.97. The molecule has 1 amide bonds. The molecule has 0 unspecified atom stereocenters. The molecular weight excluding hydrogens is 235 g/mol. The van der Waals surface area contributed by atoms with E-state index in [9.17, 15) is 18.0 Å². The quantitative estimate of drug-likeness (QED) is 0.819. The first-order valence-corrected chi connectivity index (χ1v) is 4.81. The Hall–Kier alpha value is -1.72. The molecule has 1 rings (SSSR count). The van der Waals surface area contributed by atoms with E-state index in [-0.39, 0.29) is 18.3 Å². The average Bonchev–Trinajstić information content (AvgIpc) is 2.25. The number of likely N-dealkylation sites (N-methyl/N-ethyl adjacent to an activating group) is 1. The highest BCUT2D eigenvalue weighted by Gasteiger charge is 2.30. The van der Waals surface area contributed by atoms with Crippen LogP contribution in [0, 0.1) is 0 Å². The van der Waals surface area contributed by atoms with E-state index in [2.05, 4.69) is 0 Å². The van der Waals surface area contributed by atoms with Crippen LogP contribution in [0.3, 0.4) is 0 Å². The van der Waals surface area contributed by atoms with Crippen LogP contribution in [0.25, 0.3) is 0 Å². The van der Waals surface area contributed by atoms with Crippen molar-refractivity contribution < 1.29 is 22.7 Å². The van der Waals surface area contributed by atoms with Crippen molar-refractivity contribution in [3.63, 3.8) is 0 Å². The second-order valence-electron chi connectivity index (χ2n) is 3.60. The van der Waals surface area contributed by atoms with Gasteiger partial charge in [-0.2, -0.15) is 13.2 Å². The first kappa shape index (κ1) is 13.3. The summed E-state index contributed by atoms with van der Waals surface area (Å²) in [6, 6.07) is 4.42. The van der Waals surface area contributed by atoms with Crippen molar-refractivity contribution in [3.05, 3.63) is 29.8 Å². The molecule has 0 saturated heterocycles. The third-order valence-electron chi connectivity index (χ3n) is 2.02. The van der Waals surface area contributed by atoms with Crippen molar-refractivity contribution in [2.45, 2.75) is 6.18 Å². The minimum absolute atomic E-state index is 0.0232. The molecule has 0 radical (unpaired) electrons. The summed E-state index contributed by atoms with van der Waals surface area (Å²) in [5.41, 5.74) is -0.799. The van der Waals surface area contributed by atoms with E-state index in [1.807, 2.05) is 0 Å². The Morgan fingerprint density at radius 3 is 2.53 bits per heavy atom. The largest absolute Gasteiger partial charge is 0.484 e. The molecule has 1 aromatic rings. The number of benzene rings is 1. The van der Waals surface area contributed by atoms with Gasteiger partial charge in [-0.25, -0.2) is 0 Å². The monoisotopic (exact) mass is 247 g/mol. The Kier molecular flexibility index (Phi) is 3.98. The van der Waals surface area contributed by atoms with Gasteiger partial charge in [0.15, 0.2) is 6.61 Å². The molecule has 1 aromatic carbocycles. The number of carbonyl (C=O) groups is 1. The number of rotatable bonds is 3. The zero-order valence-electron chi connectivity index (χ0n) is 9.41. The molecule has 0 N–H and O–H groups in total. The van der Waals surface area contributed by atoms with Crippen LogP contribution in [-0.2, 0) is 11.0 Å². The van der Waals surface area contributed by atoms with Crippen molar-refractivity contribution in [1.82, 2.24) is 4.90 Å². The van der Waals surface area contributed by atoms with Crippen LogP contribution < -0.4 is 4.74 Å². The maximum atomic E-state index is 12.4. The van der Waals surface area contributed by atoms with Gasteiger partial charge in [-0.15, -0.1) is 0 Å². The molecular formula is C11H12F3NO2. The minimum Gasteiger partial charge on any atom is -0.484 e. The third-order valence-corrected chi connectivity index (χ3v) is 2.02. The lowest BCUT2D eigenvalue weighted by Crippen LogP contribution is -2.27. The molecule has 17 heavy (non-hydrogen) atoms. The Labute approximate surface area is 96.8 Å². The summed E-state index contributed by atoms with van der Waals surface area (Å²) in [6.45, 7) is -0.283. The number of carbonyl (C=O) groups excluding carboxylic acids is 1. The van der Waals surface area contributed by atoms with Crippen LogP contribution in [-0.4, -0.2) is 31.5 Å². The highest BCUT2D eigenvalue weighted by molar-refractivity contribution is 5.77. The molecule has 0 aliphatic rings. The standard InChI is InChI=1S/C11H12F3NO2/c1-15(2)10(16)7-17-9-5-3-4-8(6-9)11(12,13)14/h3-6H,7H2,1-2H3. The van der Waals surface area contributed by atoms with Crippen LogP contribution in [0.2, 0.25) is 0 Å². The van der Waals surface area contributed by atoms with Gasteiger partial charge >= 0.3 is 6.18 Å². The van der Waals surface area contributed by atoms with Crippen molar-refractivity contribution in [2.24, 2.45) is 0 Å². The summed E-state index contributed by atoms with van der Waals surface area (Å²) >= 11 is 0. The fourth-order valence-electron chi connectivity index (χ4n) is 1.04. The lowest BCUT2D eigenvalue weighted by Gasteiger charge is -2.12. The second-order valence-corrected chi connectivity index (χ2v) is 3.60. The first-order chi connectivity index (χ1) is 7.80. The Bertz CT molecular complexity index is 402. The SMILES string of the molecule is CN(C)C(=O)COc1cccc(C(F)(F)F)c1. The summed E-state index contributed by atoms with van der Waals surface area (Å²) in [5.74, 6) is -0.294. The van der Waals surface area contributed by atoms with Crippen molar-refractivity contribution >= 4 is 5.91 Å². The molecule has 0 bridgehead atoms. The van der Waals surface area contributed by atoms with Crippen LogP contribution in [0.1, 0.15) is 5.56 Å². The Morgan fingerprint density at radius 2 is 2.00 bits per heavy atom. The van der Waals surface area contributed by atoms with E-state index >= 15 is 0 Å². The van der Waals surface area contributed by atoms with Crippen LogP contribution in [0.4, 0.5) is 13.2 Å². The van der Waals surface area contributed by atoms with Gasteiger partial charge in [-0.1, -0.05) is 6.07 Å². The van der Waals surface area contributed by atoms with Crippen LogP contribution >= 0.6 is 0 Å². The molecule has 6 heteroatoms. The van der Waals surface area contributed by atoms with E-state index in [0.717, 1.165) is 12.1 Å². The normalized spacial score (nSPS) is 11.1. The first-order valence-electron chi connectivity index (χ1n) is 4.81. The maximum absolute atomic E-state index is 12.4. The predicted molar refractivity (Wildman–Crippen MR) is 55.6 cm³/mol. The zero-order chi connectivity index (χ0) is 13.1.